The Morgan fingerprint density at radius 2 is 1.90 bits per heavy atom. The van der Waals surface area contributed by atoms with Crippen LogP contribution in [0.3, 0.4) is 0 Å². The van der Waals surface area contributed by atoms with Crippen molar-refractivity contribution in [1.29, 1.82) is 0 Å². The van der Waals surface area contributed by atoms with Gasteiger partial charge < -0.3 is 9.84 Å². The lowest BCUT2D eigenvalue weighted by Gasteiger charge is -2.53. The Morgan fingerprint density at radius 1 is 1.14 bits per heavy atom. The van der Waals surface area contributed by atoms with Gasteiger partial charge in [0, 0.05) is 18.3 Å². The maximum Gasteiger partial charge on any atom is 0.316 e. The van der Waals surface area contributed by atoms with Crippen molar-refractivity contribution in [2.75, 3.05) is 7.11 Å². The molecule has 1 spiro atoms. The van der Waals surface area contributed by atoms with Crippen molar-refractivity contribution < 1.29 is 24.2 Å². The van der Waals surface area contributed by atoms with Gasteiger partial charge in [-0.05, 0) is 60.3 Å². The SMILES string of the molecule is COC(=O)[C@H]1C2=C(CCC34C(=O)CC[C@]3(C)CC=C24)C2(C)CCC(=O)C=C2[C@H]1O. The van der Waals surface area contributed by atoms with E-state index >= 15 is 0 Å². The lowest BCUT2D eigenvalue weighted by Crippen LogP contribution is -2.51. The van der Waals surface area contributed by atoms with E-state index in [0.29, 0.717) is 24.8 Å². The number of ketones is 2. The van der Waals surface area contributed by atoms with Crippen molar-refractivity contribution in [1.82, 2.24) is 0 Å². The molecule has 1 fully saturated rings. The minimum Gasteiger partial charge on any atom is -0.468 e. The van der Waals surface area contributed by atoms with Crippen LogP contribution in [0.2, 0.25) is 0 Å². The predicted molar refractivity (Wildman–Crippen MR) is 106 cm³/mol. The van der Waals surface area contributed by atoms with Gasteiger partial charge in [0.1, 0.15) is 11.7 Å². The first-order chi connectivity index (χ1) is 13.7. The second-order valence-corrected chi connectivity index (χ2v) is 9.95. The van der Waals surface area contributed by atoms with E-state index in [1.165, 1.54) is 7.11 Å². The summed E-state index contributed by atoms with van der Waals surface area (Å²) in [6, 6.07) is 0. The smallest absolute Gasteiger partial charge is 0.316 e. The Balaban J connectivity index is 1.78. The Bertz CT molecular complexity index is 952. The highest BCUT2D eigenvalue weighted by Gasteiger charge is 2.66. The first-order valence-electron chi connectivity index (χ1n) is 10.7. The highest BCUT2D eigenvalue weighted by molar-refractivity contribution is 5.96. The minimum atomic E-state index is -1.10. The standard InChI is InChI=1S/C24H28O5/c1-22-8-5-15-18-14(6-11-24(15,22)17(26)7-9-22)23(2)10-4-13(25)12-16(23)20(27)19(18)21(28)29-3/h5,12,19-20,27H,4,6-11H2,1-3H3/t19-,20+,22-,23?,24?/m0/s1. The third-order valence-corrected chi connectivity index (χ3v) is 8.88. The zero-order valence-corrected chi connectivity index (χ0v) is 17.3. The molecule has 5 aliphatic rings. The van der Waals surface area contributed by atoms with Crippen molar-refractivity contribution >= 4 is 17.5 Å². The van der Waals surface area contributed by atoms with E-state index in [0.717, 1.165) is 42.4 Å². The molecule has 0 saturated heterocycles. The van der Waals surface area contributed by atoms with E-state index in [4.69, 9.17) is 4.74 Å². The van der Waals surface area contributed by atoms with Crippen molar-refractivity contribution in [2.45, 2.75) is 64.9 Å². The number of carbonyl (C=O) groups is 3. The van der Waals surface area contributed by atoms with Gasteiger partial charge in [0.05, 0.1) is 18.6 Å². The Hall–Kier alpha value is -2.01. The minimum absolute atomic E-state index is 0.00454. The van der Waals surface area contributed by atoms with Crippen LogP contribution in [-0.2, 0) is 19.1 Å². The summed E-state index contributed by atoms with van der Waals surface area (Å²) >= 11 is 0. The summed E-state index contributed by atoms with van der Waals surface area (Å²) in [5.41, 5.74) is 2.47. The molecule has 154 valence electrons. The van der Waals surface area contributed by atoms with Gasteiger partial charge in [-0.1, -0.05) is 25.5 Å². The summed E-state index contributed by atoms with van der Waals surface area (Å²) < 4.78 is 5.10. The highest BCUT2D eigenvalue weighted by Crippen LogP contribution is 2.70. The molecule has 2 unspecified atom stereocenters. The monoisotopic (exact) mass is 396 g/mol. The Morgan fingerprint density at radius 3 is 2.62 bits per heavy atom. The average Bonchev–Trinajstić information content (AvgIpc) is 3.13. The molecule has 0 aromatic rings. The van der Waals surface area contributed by atoms with E-state index in [-0.39, 0.29) is 17.0 Å². The summed E-state index contributed by atoms with van der Waals surface area (Å²) in [6.07, 6.45) is 7.42. The van der Waals surface area contributed by atoms with Gasteiger partial charge in [0.25, 0.3) is 0 Å². The van der Waals surface area contributed by atoms with Crippen LogP contribution in [0, 0.1) is 22.2 Å². The quantitative estimate of drug-likeness (QED) is 0.689. The first-order valence-corrected chi connectivity index (χ1v) is 10.7. The summed E-state index contributed by atoms with van der Waals surface area (Å²) in [6.45, 7) is 4.28. The van der Waals surface area contributed by atoms with Crippen molar-refractivity contribution in [3.63, 3.8) is 0 Å². The molecule has 0 amide bonds. The molecule has 0 bridgehead atoms. The lowest BCUT2D eigenvalue weighted by molar-refractivity contribution is -0.148. The molecular formula is C24H28O5. The molecule has 0 heterocycles. The molecule has 0 radical (unpaired) electrons. The molecule has 1 N–H and O–H groups in total. The Labute approximate surface area is 170 Å². The lowest BCUT2D eigenvalue weighted by atomic mass is 9.50. The van der Waals surface area contributed by atoms with Gasteiger partial charge >= 0.3 is 5.97 Å². The molecule has 5 rings (SSSR count). The van der Waals surface area contributed by atoms with Crippen LogP contribution in [0.1, 0.15) is 58.8 Å². The van der Waals surface area contributed by atoms with Crippen LogP contribution >= 0.6 is 0 Å². The largest absolute Gasteiger partial charge is 0.468 e. The molecule has 5 atom stereocenters. The van der Waals surface area contributed by atoms with Crippen molar-refractivity contribution in [3.8, 4) is 0 Å². The molecule has 0 aromatic carbocycles. The zero-order chi connectivity index (χ0) is 20.8. The number of carbonyl (C=O) groups excluding carboxylic acids is 3. The van der Waals surface area contributed by atoms with Gasteiger partial charge in [-0.25, -0.2) is 0 Å². The van der Waals surface area contributed by atoms with E-state index in [2.05, 4.69) is 19.9 Å². The van der Waals surface area contributed by atoms with E-state index in [9.17, 15) is 19.5 Å². The van der Waals surface area contributed by atoms with Gasteiger partial charge in [0.2, 0.25) is 0 Å². The fourth-order valence-corrected chi connectivity index (χ4v) is 7.23. The average molecular weight is 396 g/mol. The van der Waals surface area contributed by atoms with Crippen LogP contribution in [0.5, 0.6) is 0 Å². The Kier molecular flexibility index (Phi) is 3.78. The molecule has 0 aliphatic heterocycles. The number of ether oxygens (including phenoxy) is 1. The van der Waals surface area contributed by atoms with Crippen LogP contribution in [0.25, 0.3) is 0 Å². The number of aliphatic hydroxyl groups excluding tert-OH is 1. The number of esters is 1. The van der Waals surface area contributed by atoms with Gasteiger partial charge in [0.15, 0.2) is 5.78 Å². The highest BCUT2D eigenvalue weighted by atomic mass is 16.5. The molecule has 5 heteroatoms. The second-order valence-electron chi connectivity index (χ2n) is 9.95. The van der Waals surface area contributed by atoms with E-state index in [1.54, 1.807) is 6.08 Å². The normalized spacial score (nSPS) is 43.2. The van der Waals surface area contributed by atoms with Crippen molar-refractivity contribution in [3.05, 3.63) is 34.4 Å². The summed E-state index contributed by atoms with van der Waals surface area (Å²) in [4.78, 5) is 38.3. The van der Waals surface area contributed by atoms with Crippen LogP contribution in [0.4, 0.5) is 0 Å². The molecule has 1 saturated carbocycles. The number of Topliss-reactive ketones (excluding diaryl/α,β-unsaturated/α-hetero) is 1. The first kappa shape index (κ1) is 19.0. The number of fused-ring (bicyclic) bond motifs is 3. The third kappa shape index (κ3) is 2.07. The summed E-state index contributed by atoms with van der Waals surface area (Å²) in [5.74, 6) is -1.10. The van der Waals surface area contributed by atoms with Gasteiger partial charge in [-0.15, -0.1) is 0 Å². The molecule has 5 nitrogen and oxygen atoms in total. The van der Waals surface area contributed by atoms with Gasteiger partial charge in [-0.2, -0.15) is 0 Å². The summed E-state index contributed by atoms with van der Waals surface area (Å²) in [7, 11) is 1.33. The number of hydrogen-bond donors (Lipinski definition) is 1. The van der Waals surface area contributed by atoms with E-state index < -0.39 is 28.8 Å². The fourth-order valence-electron chi connectivity index (χ4n) is 7.23. The second kappa shape index (κ2) is 5.78. The maximum atomic E-state index is 13.2. The van der Waals surface area contributed by atoms with E-state index in [1.807, 2.05) is 0 Å². The maximum absolute atomic E-state index is 13.2. The number of rotatable bonds is 1. The number of allylic oxidation sites excluding steroid dienone is 4. The topological polar surface area (TPSA) is 80.7 Å². The van der Waals surface area contributed by atoms with Crippen LogP contribution in [0.15, 0.2) is 34.4 Å². The number of hydrogen-bond acceptors (Lipinski definition) is 5. The zero-order valence-electron chi connectivity index (χ0n) is 17.3. The fraction of sp³-hybridized carbons (Fsp3) is 0.625. The van der Waals surface area contributed by atoms with Crippen LogP contribution in [-0.4, -0.2) is 35.9 Å². The molecular weight excluding hydrogens is 368 g/mol. The van der Waals surface area contributed by atoms with Crippen molar-refractivity contribution in [2.24, 2.45) is 22.2 Å². The number of methoxy groups -OCH3 is 1. The third-order valence-electron chi connectivity index (χ3n) is 8.88. The van der Waals surface area contributed by atoms with Crippen LogP contribution < -0.4 is 0 Å². The predicted octanol–water partition coefficient (Wildman–Crippen LogP) is 3.22. The molecule has 5 aliphatic carbocycles. The number of aliphatic hydroxyl groups is 1. The molecule has 29 heavy (non-hydrogen) atoms. The molecule has 0 aromatic heterocycles. The summed E-state index contributed by atoms with van der Waals surface area (Å²) in [5, 5.41) is 11.3. The van der Waals surface area contributed by atoms with Gasteiger partial charge in [-0.3, -0.25) is 14.4 Å².